The van der Waals surface area contributed by atoms with E-state index in [1.54, 1.807) is 0 Å². The Labute approximate surface area is 128 Å². The Balaban J connectivity index is 5.07. The first kappa shape index (κ1) is 18.4. The second kappa shape index (κ2) is 5.78. The van der Waals surface area contributed by atoms with Gasteiger partial charge >= 0.3 is 0 Å². The number of hydrogen-bond donors (Lipinski definition) is 4. The number of rotatable bonds is 6. The van der Waals surface area contributed by atoms with Crippen LogP contribution in [0, 0.1) is 0 Å². The second-order valence-corrected chi connectivity index (χ2v) is 9.22. The summed E-state index contributed by atoms with van der Waals surface area (Å²) in [5.74, 6) is 0. The molecule has 104 valence electrons. The van der Waals surface area contributed by atoms with Gasteiger partial charge < -0.3 is 4.74 Å². The lowest BCUT2D eigenvalue weighted by Gasteiger charge is -2.49. The van der Waals surface area contributed by atoms with E-state index >= 15 is 0 Å². The minimum Gasteiger partial charge on any atom is -0.365 e. The molecule has 0 bridgehead atoms. The molecule has 1 nitrogen and oxygen atoms in total. The molecule has 17 heavy (non-hydrogen) atoms. The Morgan fingerprint density at radius 3 is 1.12 bits per heavy atom. The van der Waals surface area contributed by atoms with Gasteiger partial charge in [-0.05, 0) is 40.5 Å². The quantitative estimate of drug-likeness (QED) is 0.417. The summed E-state index contributed by atoms with van der Waals surface area (Å²) in [4.78, 5) is 0. The third-order valence-electron chi connectivity index (χ3n) is 3.42. The number of thiol groups is 4. The van der Waals surface area contributed by atoms with Crippen molar-refractivity contribution in [2.45, 2.75) is 73.7 Å². The molecule has 0 saturated carbocycles. The second-order valence-electron chi connectivity index (χ2n) is 5.46. The number of ether oxygens (including phenoxy) is 1. The molecule has 0 fully saturated rings. The highest BCUT2D eigenvalue weighted by Gasteiger charge is 2.48. The molecule has 0 aromatic heterocycles. The lowest BCUT2D eigenvalue weighted by atomic mass is 9.96. The average molecular weight is 315 g/mol. The SMILES string of the molecule is CCC(S)(S)C(C)(C)OC(C)(C)C(S)(S)CC. The van der Waals surface area contributed by atoms with Gasteiger partial charge in [-0.2, -0.15) is 50.5 Å². The molecule has 0 saturated heterocycles. The smallest absolute Gasteiger partial charge is 0.0866 e. The highest BCUT2D eigenvalue weighted by atomic mass is 32.2. The Kier molecular flexibility index (Phi) is 6.24. The maximum absolute atomic E-state index is 6.23. The van der Waals surface area contributed by atoms with Crippen LogP contribution in [0.3, 0.4) is 0 Å². The van der Waals surface area contributed by atoms with E-state index in [4.69, 9.17) is 4.74 Å². The fraction of sp³-hybridized carbons (Fsp3) is 1.00. The molecule has 0 spiro atoms. The van der Waals surface area contributed by atoms with Gasteiger partial charge in [-0.1, -0.05) is 13.8 Å². The topological polar surface area (TPSA) is 9.23 Å². The van der Waals surface area contributed by atoms with Gasteiger partial charge in [0.15, 0.2) is 0 Å². The van der Waals surface area contributed by atoms with E-state index < -0.39 is 19.4 Å². The Bertz CT molecular complexity index is 233. The van der Waals surface area contributed by atoms with Crippen molar-refractivity contribution in [3.8, 4) is 0 Å². The third-order valence-corrected chi connectivity index (χ3v) is 6.84. The fourth-order valence-electron chi connectivity index (χ4n) is 1.65. The Hall–Kier alpha value is 1.36. The molecule has 0 aromatic carbocycles. The first-order valence-electron chi connectivity index (χ1n) is 5.92. The molecule has 0 aliphatic carbocycles. The van der Waals surface area contributed by atoms with Crippen LogP contribution < -0.4 is 0 Å². The van der Waals surface area contributed by atoms with Crippen LogP contribution in [0.15, 0.2) is 0 Å². The van der Waals surface area contributed by atoms with Crippen LogP contribution in [0.1, 0.15) is 54.4 Å². The van der Waals surface area contributed by atoms with Crippen molar-refractivity contribution in [3.63, 3.8) is 0 Å². The van der Waals surface area contributed by atoms with Crippen LogP contribution >= 0.6 is 50.5 Å². The maximum atomic E-state index is 6.23. The summed E-state index contributed by atoms with van der Waals surface area (Å²) in [6.07, 6.45) is 1.61. The van der Waals surface area contributed by atoms with Gasteiger partial charge in [0.05, 0.1) is 19.4 Å². The zero-order chi connectivity index (χ0) is 14.1. The summed E-state index contributed by atoms with van der Waals surface area (Å²) in [5, 5.41) is 0. The standard InChI is InChI=1S/C12H26OS4/c1-7-11(14,15)9(3,4)13-10(5,6)12(16,17)8-2/h14-17H,7-8H2,1-6H3. The normalized spacial score (nSPS) is 15.2. The summed E-state index contributed by atoms with van der Waals surface area (Å²) < 4.78 is 5.25. The van der Waals surface area contributed by atoms with Gasteiger partial charge in [-0.25, -0.2) is 0 Å². The lowest BCUT2D eigenvalue weighted by molar-refractivity contribution is -0.131. The van der Waals surface area contributed by atoms with Crippen molar-refractivity contribution in [1.29, 1.82) is 0 Å². The Morgan fingerprint density at radius 2 is 0.941 bits per heavy atom. The van der Waals surface area contributed by atoms with Crippen LogP contribution in [0.5, 0.6) is 0 Å². The first-order valence-corrected chi connectivity index (χ1v) is 7.71. The largest absolute Gasteiger partial charge is 0.365 e. The van der Waals surface area contributed by atoms with Crippen LogP contribution in [0.4, 0.5) is 0 Å². The van der Waals surface area contributed by atoms with Crippen LogP contribution in [-0.4, -0.2) is 19.4 Å². The summed E-state index contributed by atoms with van der Waals surface area (Å²) >= 11 is 18.4. The van der Waals surface area contributed by atoms with E-state index in [0.717, 1.165) is 12.8 Å². The average Bonchev–Trinajstić information content (AvgIpc) is 2.15. The van der Waals surface area contributed by atoms with Gasteiger partial charge in [0, 0.05) is 0 Å². The summed E-state index contributed by atoms with van der Waals surface area (Å²) in [6.45, 7) is 12.1. The molecular formula is C12H26OS4. The molecule has 5 heteroatoms. The van der Waals surface area contributed by atoms with Crippen LogP contribution in [0.25, 0.3) is 0 Å². The fourth-order valence-corrected chi connectivity index (χ4v) is 1.84. The molecule has 0 heterocycles. The van der Waals surface area contributed by atoms with Crippen molar-refractivity contribution >= 4 is 50.5 Å². The summed E-state index contributed by atoms with van der Waals surface area (Å²) in [7, 11) is 0. The predicted molar refractivity (Wildman–Crippen MR) is 91.2 cm³/mol. The van der Waals surface area contributed by atoms with Gasteiger partial charge in [0.25, 0.3) is 0 Å². The minimum atomic E-state index is -0.490. The highest BCUT2D eigenvalue weighted by molar-refractivity contribution is 8.01. The molecular weight excluding hydrogens is 288 g/mol. The van der Waals surface area contributed by atoms with Crippen LogP contribution in [-0.2, 0) is 4.74 Å². The van der Waals surface area contributed by atoms with E-state index in [9.17, 15) is 0 Å². The molecule has 0 N–H and O–H groups in total. The summed E-state index contributed by atoms with van der Waals surface area (Å²) in [5.41, 5.74) is -0.966. The van der Waals surface area contributed by atoms with E-state index in [2.05, 4.69) is 50.5 Å². The Morgan fingerprint density at radius 1 is 0.706 bits per heavy atom. The molecule has 0 radical (unpaired) electrons. The first-order chi connectivity index (χ1) is 7.33. The van der Waals surface area contributed by atoms with E-state index in [1.807, 2.05) is 41.5 Å². The van der Waals surface area contributed by atoms with Gasteiger partial charge in [0.2, 0.25) is 0 Å². The van der Waals surface area contributed by atoms with Gasteiger partial charge in [-0.3, -0.25) is 0 Å². The zero-order valence-corrected chi connectivity index (χ0v) is 15.2. The minimum absolute atomic E-state index is 0.483. The van der Waals surface area contributed by atoms with Crippen molar-refractivity contribution in [1.82, 2.24) is 0 Å². The van der Waals surface area contributed by atoms with E-state index in [-0.39, 0.29) is 0 Å². The monoisotopic (exact) mass is 314 g/mol. The molecule has 0 aliphatic rings. The van der Waals surface area contributed by atoms with E-state index in [1.165, 1.54) is 0 Å². The molecule has 0 aliphatic heterocycles. The van der Waals surface area contributed by atoms with Crippen molar-refractivity contribution in [2.24, 2.45) is 0 Å². The van der Waals surface area contributed by atoms with Gasteiger partial charge in [-0.15, -0.1) is 0 Å². The van der Waals surface area contributed by atoms with Crippen LogP contribution in [0.2, 0.25) is 0 Å². The predicted octanol–water partition coefficient (Wildman–Crippen LogP) is 4.49. The molecule has 0 amide bonds. The summed E-state index contributed by atoms with van der Waals surface area (Å²) in [6, 6.07) is 0. The maximum Gasteiger partial charge on any atom is 0.0866 e. The van der Waals surface area contributed by atoms with E-state index in [0.29, 0.717) is 0 Å². The van der Waals surface area contributed by atoms with Crippen molar-refractivity contribution in [2.75, 3.05) is 0 Å². The lowest BCUT2D eigenvalue weighted by Crippen LogP contribution is -2.54. The number of hydrogen-bond acceptors (Lipinski definition) is 5. The molecule has 0 aromatic rings. The van der Waals surface area contributed by atoms with Gasteiger partial charge in [0.1, 0.15) is 0 Å². The molecule has 0 rings (SSSR count). The third kappa shape index (κ3) is 4.16. The van der Waals surface area contributed by atoms with Crippen molar-refractivity contribution in [3.05, 3.63) is 0 Å². The molecule has 0 unspecified atom stereocenters. The van der Waals surface area contributed by atoms with Crippen molar-refractivity contribution < 1.29 is 4.74 Å². The molecule has 0 atom stereocenters. The zero-order valence-electron chi connectivity index (χ0n) is 11.6. The highest BCUT2D eigenvalue weighted by Crippen LogP contribution is 2.46.